The van der Waals surface area contributed by atoms with Crippen molar-refractivity contribution >= 4 is 11.7 Å². The van der Waals surface area contributed by atoms with Crippen LogP contribution in [0.2, 0.25) is 0 Å². The van der Waals surface area contributed by atoms with Gasteiger partial charge in [-0.25, -0.2) is 0 Å². The van der Waals surface area contributed by atoms with Crippen LogP contribution < -0.4 is 9.47 Å². The Morgan fingerprint density at radius 1 is 0.875 bits per heavy atom. The number of carbonyl (C=O) groups is 2. The Kier molecular flexibility index (Phi) is 4.97. The zero-order chi connectivity index (χ0) is 22.3. The van der Waals surface area contributed by atoms with Crippen molar-refractivity contribution in [3.63, 3.8) is 0 Å². The van der Waals surface area contributed by atoms with Crippen LogP contribution in [-0.2, 0) is 16.6 Å². The average Bonchev–Trinajstić information content (AvgIpc) is 3.49. The third-order valence-corrected chi connectivity index (χ3v) is 6.35. The van der Waals surface area contributed by atoms with Gasteiger partial charge in [0.2, 0.25) is 6.79 Å². The number of Topliss-reactive ketones (excluding diaryl/α,β-unsaturated/α-hetero) is 1. The average molecular weight is 428 g/mol. The smallest absolute Gasteiger partial charge is 0.253 e. The highest BCUT2D eigenvalue weighted by molar-refractivity contribution is 5.96. The molecule has 1 saturated carbocycles. The lowest BCUT2D eigenvalue weighted by Crippen LogP contribution is -2.22. The summed E-state index contributed by atoms with van der Waals surface area (Å²) in [4.78, 5) is 27.2. The number of nitrogens with zero attached hydrogens (tertiary/aromatic N) is 1. The molecule has 3 aromatic rings. The summed E-state index contributed by atoms with van der Waals surface area (Å²) in [6.07, 6.45) is 2.10. The maximum absolute atomic E-state index is 13.3. The van der Waals surface area contributed by atoms with E-state index in [0.717, 1.165) is 46.6 Å². The number of hydrogen-bond donors (Lipinski definition) is 0. The molecule has 1 amide bonds. The molecule has 1 aliphatic carbocycles. The van der Waals surface area contributed by atoms with Crippen LogP contribution in [0, 0.1) is 0 Å². The van der Waals surface area contributed by atoms with Crippen molar-refractivity contribution in [2.24, 2.45) is 0 Å². The second-order valence-electron chi connectivity index (χ2n) is 8.73. The van der Waals surface area contributed by atoms with Gasteiger partial charge in [-0.1, -0.05) is 42.5 Å². The quantitative estimate of drug-likeness (QED) is 0.576. The van der Waals surface area contributed by atoms with E-state index in [1.807, 2.05) is 66.7 Å². The van der Waals surface area contributed by atoms with Gasteiger partial charge in [-0.05, 0) is 59.4 Å². The van der Waals surface area contributed by atoms with Crippen LogP contribution in [0.4, 0.5) is 0 Å². The largest absolute Gasteiger partial charge is 0.454 e. The number of hydrogen-bond acceptors (Lipinski definition) is 4. The third kappa shape index (κ3) is 3.64. The van der Waals surface area contributed by atoms with E-state index in [9.17, 15) is 9.59 Å². The molecule has 1 heterocycles. The lowest BCUT2D eigenvalue weighted by atomic mass is 9.87. The SMILES string of the molecule is CN(C)C(=O)c1cccc(-c2cccc(CC(=O)C3(c4ccc5c(c4)OCO5)CC3)c2)c1. The Morgan fingerprint density at radius 3 is 2.34 bits per heavy atom. The molecule has 0 radical (unpaired) electrons. The molecular weight excluding hydrogens is 402 g/mol. The van der Waals surface area contributed by atoms with E-state index in [-0.39, 0.29) is 18.5 Å². The van der Waals surface area contributed by atoms with Gasteiger partial charge in [0, 0.05) is 26.1 Å². The zero-order valence-corrected chi connectivity index (χ0v) is 18.3. The number of rotatable bonds is 6. The molecule has 2 aliphatic rings. The van der Waals surface area contributed by atoms with Crippen molar-refractivity contribution in [1.29, 1.82) is 0 Å². The van der Waals surface area contributed by atoms with Crippen LogP contribution >= 0.6 is 0 Å². The number of fused-ring (bicyclic) bond motifs is 1. The topological polar surface area (TPSA) is 55.8 Å². The summed E-state index contributed by atoms with van der Waals surface area (Å²) in [7, 11) is 3.49. The van der Waals surface area contributed by atoms with E-state index in [0.29, 0.717) is 12.0 Å². The van der Waals surface area contributed by atoms with Gasteiger partial charge >= 0.3 is 0 Å². The predicted molar refractivity (Wildman–Crippen MR) is 122 cm³/mol. The molecule has 5 heteroatoms. The van der Waals surface area contributed by atoms with Crippen molar-refractivity contribution in [3.05, 3.63) is 83.4 Å². The third-order valence-electron chi connectivity index (χ3n) is 6.35. The molecule has 0 unspecified atom stereocenters. The lowest BCUT2D eigenvalue weighted by molar-refractivity contribution is -0.120. The van der Waals surface area contributed by atoms with E-state index in [1.165, 1.54) is 0 Å². The van der Waals surface area contributed by atoms with E-state index >= 15 is 0 Å². The first-order chi connectivity index (χ1) is 15.5. The maximum Gasteiger partial charge on any atom is 0.253 e. The highest BCUT2D eigenvalue weighted by Gasteiger charge is 2.50. The first kappa shape index (κ1) is 20.3. The minimum Gasteiger partial charge on any atom is -0.454 e. The van der Waals surface area contributed by atoms with Crippen LogP contribution in [0.3, 0.4) is 0 Å². The Labute approximate surface area is 187 Å². The van der Waals surface area contributed by atoms with Crippen LogP contribution in [0.15, 0.2) is 66.7 Å². The van der Waals surface area contributed by atoms with Crippen molar-refractivity contribution in [1.82, 2.24) is 4.90 Å². The fourth-order valence-corrected chi connectivity index (χ4v) is 4.35. The lowest BCUT2D eigenvalue weighted by Gasteiger charge is -2.16. The number of benzene rings is 3. The molecule has 5 nitrogen and oxygen atoms in total. The molecule has 5 rings (SSSR count). The van der Waals surface area contributed by atoms with Crippen molar-refractivity contribution in [3.8, 4) is 22.6 Å². The Bertz CT molecular complexity index is 1210. The summed E-state index contributed by atoms with van der Waals surface area (Å²) in [5.41, 5.74) is 4.17. The Morgan fingerprint density at radius 2 is 1.59 bits per heavy atom. The molecule has 0 saturated heterocycles. The number of amides is 1. The van der Waals surface area contributed by atoms with Gasteiger partial charge in [-0.2, -0.15) is 0 Å². The number of ketones is 1. The normalized spacial score (nSPS) is 15.3. The summed E-state index contributed by atoms with van der Waals surface area (Å²) in [5.74, 6) is 1.65. The Balaban J connectivity index is 1.37. The Hall–Kier alpha value is -3.60. The number of ether oxygens (including phenoxy) is 2. The fraction of sp³-hybridized carbons (Fsp3) is 0.259. The summed E-state index contributed by atoms with van der Waals surface area (Å²) in [5, 5.41) is 0. The van der Waals surface area contributed by atoms with Gasteiger partial charge in [0.25, 0.3) is 5.91 Å². The van der Waals surface area contributed by atoms with Crippen LogP contribution in [0.1, 0.15) is 34.3 Å². The molecule has 0 bridgehead atoms. The van der Waals surface area contributed by atoms with Crippen LogP contribution in [0.5, 0.6) is 11.5 Å². The van der Waals surface area contributed by atoms with E-state index in [2.05, 4.69) is 0 Å². The molecule has 0 N–H and O–H groups in total. The minimum absolute atomic E-state index is 0.0300. The molecule has 32 heavy (non-hydrogen) atoms. The predicted octanol–water partition coefficient (Wildman–Crippen LogP) is 4.63. The van der Waals surface area contributed by atoms with Crippen molar-refractivity contribution in [2.45, 2.75) is 24.7 Å². The molecule has 0 spiro atoms. The van der Waals surface area contributed by atoms with Gasteiger partial charge in [0.1, 0.15) is 5.78 Å². The molecule has 3 aromatic carbocycles. The first-order valence-electron chi connectivity index (χ1n) is 10.8. The summed E-state index contributed by atoms with van der Waals surface area (Å²) in [6.45, 7) is 0.230. The van der Waals surface area contributed by atoms with E-state index in [1.54, 1.807) is 19.0 Å². The summed E-state index contributed by atoms with van der Waals surface area (Å²) in [6, 6.07) is 21.5. The summed E-state index contributed by atoms with van der Waals surface area (Å²) >= 11 is 0. The van der Waals surface area contributed by atoms with Gasteiger partial charge in [-0.3, -0.25) is 9.59 Å². The highest BCUT2D eigenvalue weighted by Crippen LogP contribution is 2.51. The van der Waals surface area contributed by atoms with Gasteiger partial charge in [-0.15, -0.1) is 0 Å². The number of carbonyl (C=O) groups excluding carboxylic acids is 2. The van der Waals surface area contributed by atoms with E-state index in [4.69, 9.17) is 9.47 Å². The molecular formula is C27H25NO4. The maximum atomic E-state index is 13.3. The molecule has 162 valence electrons. The van der Waals surface area contributed by atoms with E-state index < -0.39 is 5.41 Å². The van der Waals surface area contributed by atoms with Gasteiger partial charge in [0.05, 0.1) is 5.41 Å². The molecule has 0 aromatic heterocycles. The van der Waals surface area contributed by atoms with Crippen molar-refractivity contribution < 1.29 is 19.1 Å². The minimum atomic E-state index is -0.422. The highest BCUT2D eigenvalue weighted by atomic mass is 16.7. The molecule has 1 fully saturated rings. The monoisotopic (exact) mass is 427 g/mol. The molecule has 1 aliphatic heterocycles. The fourth-order valence-electron chi connectivity index (χ4n) is 4.35. The van der Waals surface area contributed by atoms with Crippen molar-refractivity contribution in [2.75, 3.05) is 20.9 Å². The van der Waals surface area contributed by atoms with Gasteiger partial charge in [0.15, 0.2) is 11.5 Å². The van der Waals surface area contributed by atoms with Gasteiger partial charge < -0.3 is 14.4 Å². The standard InChI is InChI=1S/C27H25NO4/c1-28(2)26(30)21-8-4-7-20(15-21)19-6-3-5-18(13-19)14-25(29)27(11-12-27)22-9-10-23-24(16-22)32-17-31-23/h3-10,13,15-16H,11-12,14,17H2,1-2H3. The zero-order valence-electron chi connectivity index (χ0n) is 18.3. The molecule has 0 atom stereocenters. The second kappa shape index (κ2) is 7.83. The van der Waals surface area contributed by atoms with Crippen LogP contribution in [0.25, 0.3) is 11.1 Å². The second-order valence-corrected chi connectivity index (χ2v) is 8.73. The first-order valence-corrected chi connectivity index (χ1v) is 10.8. The summed E-state index contributed by atoms with van der Waals surface area (Å²) < 4.78 is 10.9. The van der Waals surface area contributed by atoms with Crippen LogP contribution in [-0.4, -0.2) is 37.5 Å².